The van der Waals surface area contributed by atoms with Crippen LogP contribution >= 0.6 is 0 Å². The molecule has 7 nitrogen and oxygen atoms in total. The molecule has 2 saturated heterocycles. The Bertz CT molecular complexity index is 685. The average molecular weight is 353 g/mol. The van der Waals surface area contributed by atoms with Crippen molar-refractivity contribution in [2.45, 2.75) is 37.3 Å². The molecule has 1 aromatic rings. The number of hydrogen-bond acceptors (Lipinski definition) is 5. The second-order valence-electron chi connectivity index (χ2n) is 6.62. The molecule has 2 aliphatic heterocycles. The quantitative estimate of drug-likeness (QED) is 0.868. The van der Waals surface area contributed by atoms with Gasteiger partial charge in [-0.3, -0.25) is 9.78 Å². The van der Waals surface area contributed by atoms with E-state index in [0.29, 0.717) is 51.1 Å². The lowest BCUT2D eigenvalue weighted by Gasteiger charge is -2.46. The summed E-state index contributed by atoms with van der Waals surface area (Å²) in [7, 11) is -3.22. The van der Waals surface area contributed by atoms with Gasteiger partial charge >= 0.3 is 0 Å². The minimum atomic E-state index is -3.22. The van der Waals surface area contributed by atoms with E-state index in [0.717, 1.165) is 0 Å². The fourth-order valence-electron chi connectivity index (χ4n) is 3.55. The maximum atomic E-state index is 12.5. The third kappa shape index (κ3) is 4.12. The van der Waals surface area contributed by atoms with Gasteiger partial charge in [-0.1, -0.05) is 6.07 Å². The summed E-state index contributed by atoms with van der Waals surface area (Å²) in [6, 6.07) is 5.21. The summed E-state index contributed by atoms with van der Waals surface area (Å²) < 4.78 is 31.6. The van der Waals surface area contributed by atoms with Crippen LogP contribution < -0.4 is 4.72 Å². The summed E-state index contributed by atoms with van der Waals surface area (Å²) in [6.07, 6.45) is 5.58. The molecule has 0 aromatic carbocycles. The molecule has 1 unspecified atom stereocenters. The zero-order chi connectivity index (χ0) is 17.2. The predicted molar refractivity (Wildman–Crippen MR) is 89.1 cm³/mol. The number of nitrogens with one attached hydrogen (secondary N) is 1. The largest absolute Gasteiger partial charge is 0.375 e. The fourth-order valence-corrected chi connectivity index (χ4v) is 4.35. The van der Waals surface area contributed by atoms with Crippen LogP contribution in [0.25, 0.3) is 0 Å². The highest BCUT2D eigenvalue weighted by Crippen LogP contribution is 2.35. The molecule has 0 bridgehead atoms. The summed E-state index contributed by atoms with van der Waals surface area (Å²) in [5.74, 6) is -0.0629. The molecule has 24 heavy (non-hydrogen) atoms. The van der Waals surface area contributed by atoms with Crippen molar-refractivity contribution < 1.29 is 17.9 Å². The van der Waals surface area contributed by atoms with Crippen molar-refractivity contribution >= 4 is 15.9 Å². The van der Waals surface area contributed by atoms with Crippen LogP contribution in [0.5, 0.6) is 0 Å². The highest BCUT2D eigenvalue weighted by atomic mass is 32.2. The smallest absolute Gasteiger partial charge is 0.272 e. The molecule has 0 radical (unpaired) electrons. The van der Waals surface area contributed by atoms with Crippen LogP contribution in [0.3, 0.4) is 0 Å². The van der Waals surface area contributed by atoms with E-state index in [1.807, 2.05) is 0 Å². The van der Waals surface area contributed by atoms with Gasteiger partial charge < -0.3 is 9.64 Å². The zero-order valence-corrected chi connectivity index (χ0v) is 14.6. The van der Waals surface area contributed by atoms with Crippen molar-refractivity contribution in [2.24, 2.45) is 0 Å². The number of likely N-dealkylation sites (tertiary alicyclic amines) is 1. The Hall–Kier alpha value is -1.51. The van der Waals surface area contributed by atoms with Gasteiger partial charge in [0.1, 0.15) is 5.69 Å². The summed E-state index contributed by atoms with van der Waals surface area (Å²) in [5.41, 5.74) is 0.122. The summed E-state index contributed by atoms with van der Waals surface area (Å²) >= 11 is 0. The second kappa shape index (κ2) is 6.78. The van der Waals surface area contributed by atoms with Crippen molar-refractivity contribution in [1.82, 2.24) is 14.6 Å². The van der Waals surface area contributed by atoms with Gasteiger partial charge in [0.05, 0.1) is 11.9 Å². The van der Waals surface area contributed by atoms with Crippen LogP contribution in [0.4, 0.5) is 0 Å². The summed E-state index contributed by atoms with van der Waals surface area (Å²) in [5, 5.41) is 0. The maximum absolute atomic E-state index is 12.5. The van der Waals surface area contributed by atoms with Gasteiger partial charge in [0.15, 0.2) is 0 Å². The first-order valence-corrected chi connectivity index (χ1v) is 10.1. The normalized spacial score (nSPS) is 24.0. The first kappa shape index (κ1) is 17.3. The molecule has 1 aromatic heterocycles. The first-order chi connectivity index (χ1) is 11.4. The molecular weight excluding hydrogens is 330 g/mol. The summed E-state index contributed by atoms with van der Waals surface area (Å²) in [6.45, 7) is 1.74. The van der Waals surface area contributed by atoms with Gasteiger partial charge in [-0.2, -0.15) is 0 Å². The molecule has 1 spiro atoms. The van der Waals surface area contributed by atoms with Crippen molar-refractivity contribution in [3.8, 4) is 0 Å². The van der Waals surface area contributed by atoms with Gasteiger partial charge in [0.25, 0.3) is 5.91 Å². The van der Waals surface area contributed by atoms with E-state index in [2.05, 4.69) is 9.71 Å². The number of aromatic nitrogens is 1. The van der Waals surface area contributed by atoms with E-state index in [9.17, 15) is 13.2 Å². The van der Waals surface area contributed by atoms with Crippen LogP contribution in [0.2, 0.25) is 0 Å². The number of hydrogen-bond donors (Lipinski definition) is 1. The lowest BCUT2D eigenvalue weighted by Crippen LogP contribution is -2.54. The molecule has 8 heteroatoms. The molecule has 1 amide bonds. The van der Waals surface area contributed by atoms with Gasteiger partial charge in [0, 0.05) is 31.9 Å². The minimum absolute atomic E-state index is 0.0629. The Labute approximate surface area is 142 Å². The number of nitrogens with zero attached hydrogens (tertiary/aromatic N) is 2. The third-order valence-corrected chi connectivity index (χ3v) is 5.48. The van der Waals surface area contributed by atoms with Crippen LogP contribution in [-0.2, 0) is 14.8 Å². The molecule has 3 heterocycles. The van der Waals surface area contributed by atoms with Gasteiger partial charge in [-0.05, 0) is 37.8 Å². The Morgan fingerprint density at radius 2 is 2.12 bits per heavy atom. The van der Waals surface area contributed by atoms with E-state index >= 15 is 0 Å². The van der Waals surface area contributed by atoms with Gasteiger partial charge in [-0.15, -0.1) is 0 Å². The standard InChI is InChI=1S/C16H23N3O4S/c1-24(21,22)18-13-5-11-23-16(12-13)6-9-19(10-7-16)15(20)14-4-2-3-8-17-14/h2-4,8,13,18H,5-7,9-12H2,1H3. The molecule has 2 aliphatic rings. The SMILES string of the molecule is CS(=O)(=O)NC1CCOC2(CCN(C(=O)c3ccccn3)CC2)C1. The number of piperidine rings is 1. The molecule has 132 valence electrons. The number of amides is 1. The number of ether oxygens (including phenoxy) is 1. The second-order valence-corrected chi connectivity index (χ2v) is 8.40. The Balaban J connectivity index is 1.60. The highest BCUT2D eigenvalue weighted by molar-refractivity contribution is 7.88. The molecule has 1 N–H and O–H groups in total. The van der Waals surface area contributed by atoms with E-state index in [4.69, 9.17) is 4.74 Å². The van der Waals surface area contributed by atoms with Crippen molar-refractivity contribution in [3.63, 3.8) is 0 Å². The van der Waals surface area contributed by atoms with Crippen molar-refractivity contribution in [1.29, 1.82) is 0 Å². The lowest BCUT2D eigenvalue weighted by molar-refractivity contribution is -0.113. The zero-order valence-electron chi connectivity index (χ0n) is 13.8. The van der Waals surface area contributed by atoms with E-state index in [1.165, 1.54) is 6.26 Å². The van der Waals surface area contributed by atoms with Gasteiger partial charge in [-0.25, -0.2) is 13.1 Å². The molecule has 2 fully saturated rings. The Morgan fingerprint density at radius 3 is 2.75 bits per heavy atom. The average Bonchev–Trinajstić information content (AvgIpc) is 2.54. The predicted octanol–water partition coefficient (Wildman–Crippen LogP) is 0.785. The number of carbonyl (C=O) groups excluding carboxylic acids is 1. The van der Waals surface area contributed by atoms with Gasteiger partial charge in [0.2, 0.25) is 10.0 Å². The molecule has 1 atom stereocenters. The number of pyridine rings is 1. The molecular formula is C16H23N3O4S. The Kier molecular flexibility index (Phi) is 4.89. The number of sulfonamides is 1. The van der Waals surface area contributed by atoms with Crippen LogP contribution in [0, 0.1) is 0 Å². The maximum Gasteiger partial charge on any atom is 0.272 e. The van der Waals surface area contributed by atoms with Crippen LogP contribution in [-0.4, -0.2) is 61.8 Å². The van der Waals surface area contributed by atoms with Crippen molar-refractivity contribution in [3.05, 3.63) is 30.1 Å². The van der Waals surface area contributed by atoms with E-state index in [1.54, 1.807) is 29.3 Å². The third-order valence-electron chi connectivity index (χ3n) is 4.72. The van der Waals surface area contributed by atoms with E-state index < -0.39 is 10.0 Å². The monoisotopic (exact) mass is 353 g/mol. The number of rotatable bonds is 3. The van der Waals surface area contributed by atoms with Crippen LogP contribution in [0.15, 0.2) is 24.4 Å². The highest BCUT2D eigenvalue weighted by Gasteiger charge is 2.41. The molecule has 3 rings (SSSR count). The van der Waals surface area contributed by atoms with E-state index in [-0.39, 0.29) is 17.6 Å². The first-order valence-electron chi connectivity index (χ1n) is 8.19. The summed E-state index contributed by atoms with van der Waals surface area (Å²) in [4.78, 5) is 18.4. The molecule has 0 saturated carbocycles. The van der Waals surface area contributed by atoms with Crippen LogP contribution in [0.1, 0.15) is 36.2 Å². The Morgan fingerprint density at radius 1 is 1.38 bits per heavy atom. The topological polar surface area (TPSA) is 88.6 Å². The fraction of sp³-hybridized carbons (Fsp3) is 0.625. The van der Waals surface area contributed by atoms with Crippen molar-refractivity contribution in [2.75, 3.05) is 26.0 Å². The lowest BCUT2D eigenvalue weighted by atomic mass is 9.82. The molecule has 0 aliphatic carbocycles. The number of carbonyl (C=O) groups is 1. The minimum Gasteiger partial charge on any atom is -0.375 e.